The summed E-state index contributed by atoms with van der Waals surface area (Å²) in [6.45, 7) is 8.65. The van der Waals surface area contributed by atoms with Crippen LogP contribution in [0.2, 0.25) is 0 Å². The van der Waals surface area contributed by atoms with Crippen molar-refractivity contribution in [1.29, 1.82) is 0 Å². The first-order valence-electron chi connectivity index (χ1n) is 7.46. The SMILES string of the molecule is Cc1cc(C)c(CCNC(=O)C2(C)COC(=O)OC2)c(C)c1. The molecule has 1 aromatic rings. The van der Waals surface area contributed by atoms with Gasteiger partial charge in [-0.3, -0.25) is 4.79 Å². The topological polar surface area (TPSA) is 64.6 Å². The van der Waals surface area contributed by atoms with Gasteiger partial charge in [-0.2, -0.15) is 0 Å². The summed E-state index contributed by atoms with van der Waals surface area (Å²) < 4.78 is 9.62. The molecule has 1 aliphatic heterocycles. The fourth-order valence-corrected chi connectivity index (χ4v) is 2.77. The van der Waals surface area contributed by atoms with Crippen LogP contribution < -0.4 is 5.32 Å². The molecule has 0 saturated carbocycles. The number of aryl methyl sites for hydroxylation is 3. The van der Waals surface area contributed by atoms with Gasteiger partial charge < -0.3 is 14.8 Å². The van der Waals surface area contributed by atoms with Crippen LogP contribution in [0.3, 0.4) is 0 Å². The number of cyclic esters (lactones) is 2. The van der Waals surface area contributed by atoms with Crippen LogP contribution in [0.25, 0.3) is 0 Å². The van der Waals surface area contributed by atoms with Crippen LogP contribution in [0.1, 0.15) is 29.2 Å². The lowest BCUT2D eigenvalue weighted by atomic mass is 9.91. The van der Waals surface area contributed by atoms with Crippen LogP contribution in [0.4, 0.5) is 4.79 Å². The molecular formula is C17H23NO4. The predicted molar refractivity (Wildman–Crippen MR) is 82.8 cm³/mol. The molecule has 0 aromatic heterocycles. The van der Waals surface area contributed by atoms with Crippen LogP contribution in [-0.2, 0) is 20.7 Å². The Kier molecular flexibility index (Phi) is 4.74. The average Bonchev–Trinajstić information content (AvgIpc) is 2.44. The van der Waals surface area contributed by atoms with Gasteiger partial charge in [0.05, 0.1) is 0 Å². The molecule has 0 spiro atoms. The summed E-state index contributed by atoms with van der Waals surface area (Å²) in [5.41, 5.74) is 4.19. The van der Waals surface area contributed by atoms with E-state index >= 15 is 0 Å². The van der Waals surface area contributed by atoms with E-state index in [1.165, 1.54) is 22.3 Å². The minimum absolute atomic E-state index is 0.0558. The quantitative estimate of drug-likeness (QED) is 0.868. The van der Waals surface area contributed by atoms with Crippen molar-refractivity contribution >= 4 is 12.1 Å². The lowest BCUT2D eigenvalue weighted by Gasteiger charge is -2.30. The number of benzene rings is 1. The molecule has 1 aliphatic rings. The van der Waals surface area contributed by atoms with E-state index in [-0.39, 0.29) is 19.1 Å². The summed E-state index contributed by atoms with van der Waals surface area (Å²) in [6, 6.07) is 4.31. The standard InChI is InChI=1S/C17H23NO4/c1-11-7-12(2)14(13(3)8-11)5-6-18-15(19)17(4)9-21-16(20)22-10-17/h7-8H,5-6,9-10H2,1-4H3,(H,18,19). The first-order valence-corrected chi connectivity index (χ1v) is 7.46. The van der Waals surface area contributed by atoms with Gasteiger partial charge in [0.25, 0.3) is 0 Å². The zero-order valence-corrected chi connectivity index (χ0v) is 13.6. The average molecular weight is 305 g/mol. The summed E-state index contributed by atoms with van der Waals surface area (Å²) in [7, 11) is 0. The third kappa shape index (κ3) is 3.59. The van der Waals surface area contributed by atoms with Gasteiger partial charge in [-0.25, -0.2) is 4.79 Å². The van der Waals surface area contributed by atoms with Gasteiger partial charge >= 0.3 is 6.16 Å². The third-order valence-electron chi connectivity index (χ3n) is 4.07. The van der Waals surface area contributed by atoms with Crippen molar-refractivity contribution < 1.29 is 19.1 Å². The Hall–Kier alpha value is -2.04. The molecule has 22 heavy (non-hydrogen) atoms. The molecule has 1 heterocycles. The van der Waals surface area contributed by atoms with Gasteiger partial charge in [-0.15, -0.1) is 0 Å². The summed E-state index contributed by atoms with van der Waals surface area (Å²) in [5.74, 6) is -0.151. The molecule has 1 N–H and O–H groups in total. The Labute approximate surface area is 131 Å². The van der Waals surface area contributed by atoms with Gasteiger partial charge in [-0.05, 0) is 50.8 Å². The molecule has 1 aromatic carbocycles. The predicted octanol–water partition coefficient (Wildman–Crippen LogP) is 2.44. The lowest BCUT2D eigenvalue weighted by molar-refractivity contribution is -0.141. The fraction of sp³-hybridized carbons (Fsp3) is 0.529. The van der Waals surface area contributed by atoms with Gasteiger partial charge in [0.1, 0.15) is 18.6 Å². The Morgan fingerprint density at radius 1 is 1.18 bits per heavy atom. The Morgan fingerprint density at radius 2 is 1.73 bits per heavy atom. The summed E-state index contributed by atoms with van der Waals surface area (Å²) in [5, 5.41) is 2.92. The van der Waals surface area contributed by atoms with E-state index in [9.17, 15) is 9.59 Å². The van der Waals surface area contributed by atoms with Crippen LogP contribution >= 0.6 is 0 Å². The zero-order valence-electron chi connectivity index (χ0n) is 13.6. The van der Waals surface area contributed by atoms with Crippen molar-refractivity contribution in [2.24, 2.45) is 5.41 Å². The molecule has 120 valence electrons. The number of amides is 1. The molecule has 5 nitrogen and oxygen atoms in total. The normalized spacial score (nSPS) is 16.6. The fourth-order valence-electron chi connectivity index (χ4n) is 2.77. The zero-order chi connectivity index (χ0) is 16.3. The van der Waals surface area contributed by atoms with E-state index in [2.05, 4.69) is 38.2 Å². The van der Waals surface area contributed by atoms with Gasteiger partial charge in [0.2, 0.25) is 5.91 Å². The molecule has 1 saturated heterocycles. The molecule has 0 unspecified atom stereocenters. The monoisotopic (exact) mass is 305 g/mol. The first-order chi connectivity index (χ1) is 10.3. The highest BCUT2D eigenvalue weighted by atomic mass is 16.7. The Bertz CT molecular complexity index is 561. The second-order valence-corrected chi connectivity index (χ2v) is 6.27. The molecule has 5 heteroatoms. The van der Waals surface area contributed by atoms with Crippen LogP contribution in [0.15, 0.2) is 12.1 Å². The summed E-state index contributed by atoms with van der Waals surface area (Å²) >= 11 is 0. The maximum atomic E-state index is 12.3. The highest BCUT2D eigenvalue weighted by Gasteiger charge is 2.40. The van der Waals surface area contributed by atoms with Gasteiger partial charge in [-0.1, -0.05) is 17.7 Å². The van der Waals surface area contributed by atoms with Crippen molar-refractivity contribution in [2.75, 3.05) is 19.8 Å². The van der Waals surface area contributed by atoms with E-state index in [0.29, 0.717) is 6.54 Å². The third-order valence-corrected chi connectivity index (χ3v) is 4.07. The van der Waals surface area contributed by atoms with Gasteiger partial charge in [0, 0.05) is 6.54 Å². The van der Waals surface area contributed by atoms with E-state index in [1.807, 2.05) is 0 Å². The lowest BCUT2D eigenvalue weighted by Crippen LogP contribution is -2.49. The number of nitrogens with one attached hydrogen (secondary N) is 1. The number of rotatable bonds is 4. The number of ether oxygens (including phenoxy) is 2. The molecular weight excluding hydrogens is 282 g/mol. The van der Waals surface area contributed by atoms with E-state index in [4.69, 9.17) is 9.47 Å². The number of carbonyl (C=O) groups is 2. The van der Waals surface area contributed by atoms with Crippen molar-refractivity contribution in [3.63, 3.8) is 0 Å². The van der Waals surface area contributed by atoms with Crippen molar-refractivity contribution in [2.45, 2.75) is 34.1 Å². The Morgan fingerprint density at radius 3 is 2.27 bits per heavy atom. The molecule has 0 radical (unpaired) electrons. The highest BCUT2D eigenvalue weighted by molar-refractivity contribution is 5.83. The van der Waals surface area contributed by atoms with Crippen LogP contribution in [0, 0.1) is 26.2 Å². The molecule has 2 rings (SSSR count). The van der Waals surface area contributed by atoms with E-state index in [1.54, 1.807) is 6.92 Å². The smallest absolute Gasteiger partial charge is 0.433 e. The second kappa shape index (κ2) is 6.38. The first kappa shape index (κ1) is 16.3. The summed E-state index contributed by atoms with van der Waals surface area (Å²) in [4.78, 5) is 23.2. The van der Waals surface area contributed by atoms with Crippen LogP contribution in [0.5, 0.6) is 0 Å². The molecule has 1 fully saturated rings. The van der Waals surface area contributed by atoms with Gasteiger partial charge in [0.15, 0.2) is 0 Å². The molecule has 1 amide bonds. The summed E-state index contributed by atoms with van der Waals surface area (Å²) in [6.07, 6.45) is 0.0663. The number of hydrogen-bond donors (Lipinski definition) is 1. The highest BCUT2D eigenvalue weighted by Crippen LogP contribution is 2.22. The maximum Gasteiger partial charge on any atom is 0.508 e. The number of hydrogen-bond acceptors (Lipinski definition) is 4. The van der Waals surface area contributed by atoms with Crippen molar-refractivity contribution in [3.05, 3.63) is 34.4 Å². The number of carbonyl (C=O) groups excluding carboxylic acids is 2. The molecule has 0 bridgehead atoms. The molecule has 0 atom stereocenters. The maximum absolute atomic E-state index is 12.3. The van der Waals surface area contributed by atoms with E-state index in [0.717, 1.165) is 6.42 Å². The largest absolute Gasteiger partial charge is 0.508 e. The minimum atomic E-state index is -0.814. The molecule has 0 aliphatic carbocycles. The van der Waals surface area contributed by atoms with Crippen molar-refractivity contribution in [1.82, 2.24) is 5.32 Å². The van der Waals surface area contributed by atoms with Crippen molar-refractivity contribution in [3.8, 4) is 0 Å². The Balaban J connectivity index is 1.91. The van der Waals surface area contributed by atoms with Crippen LogP contribution in [-0.4, -0.2) is 31.8 Å². The van der Waals surface area contributed by atoms with E-state index < -0.39 is 11.6 Å². The second-order valence-electron chi connectivity index (χ2n) is 6.27. The minimum Gasteiger partial charge on any atom is -0.433 e.